The molecule has 0 aromatic carbocycles. The van der Waals surface area contributed by atoms with Crippen LogP contribution in [0, 0.1) is 11.8 Å². The molecule has 0 amide bonds. The molecule has 0 heterocycles. The number of fused-ring (bicyclic) bond motifs is 2. The highest BCUT2D eigenvalue weighted by Crippen LogP contribution is 2.36. The van der Waals surface area contributed by atoms with Gasteiger partial charge in [0.05, 0.1) is 11.4 Å². The molecule has 2 atom stereocenters. The minimum atomic E-state index is 0.425. The van der Waals surface area contributed by atoms with Crippen molar-refractivity contribution in [3.05, 3.63) is 0 Å². The maximum Gasteiger partial charge on any atom is 0.0602 e. The predicted octanol–water partition coefficient (Wildman–Crippen LogP) is 1.86. The molecule has 4 heteroatoms. The predicted molar refractivity (Wildman–Crippen MR) is 48.5 cm³/mol. The van der Waals surface area contributed by atoms with Crippen molar-refractivity contribution < 1.29 is 10.4 Å². The third-order valence-electron chi connectivity index (χ3n) is 3.27. The SMILES string of the molecule is O/N=C1/CCC2CC1CC/C2=N/O. The molecule has 2 rings (SSSR count). The summed E-state index contributed by atoms with van der Waals surface area (Å²) >= 11 is 0. The van der Waals surface area contributed by atoms with Crippen LogP contribution in [0.1, 0.15) is 32.1 Å². The van der Waals surface area contributed by atoms with Crippen LogP contribution in [-0.4, -0.2) is 21.8 Å². The molecule has 2 fully saturated rings. The van der Waals surface area contributed by atoms with Gasteiger partial charge in [0, 0.05) is 11.8 Å². The number of hydrogen-bond acceptors (Lipinski definition) is 4. The van der Waals surface area contributed by atoms with E-state index in [0.29, 0.717) is 11.8 Å². The molecule has 0 radical (unpaired) electrons. The van der Waals surface area contributed by atoms with Crippen molar-refractivity contribution in [2.75, 3.05) is 0 Å². The summed E-state index contributed by atoms with van der Waals surface area (Å²) in [6, 6.07) is 0. The Bertz CT molecular complexity index is 234. The van der Waals surface area contributed by atoms with Crippen LogP contribution in [0.5, 0.6) is 0 Å². The molecule has 0 aliphatic heterocycles. The maximum atomic E-state index is 8.73. The normalized spacial score (nSPS) is 39.7. The standard InChI is InChI=1S/C9H14N2O2/c12-10-8-3-1-6-5-7(8)2-4-9(6)11-13/h6-7,12-13H,1-5H2/b10-8-,11-9-. The molecule has 2 unspecified atom stereocenters. The summed E-state index contributed by atoms with van der Waals surface area (Å²) in [5, 5.41) is 24.1. The average Bonchev–Trinajstić information content (AvgIpc) is 2.19. The van der Waals surface area contributed by atoms with E-state index in [2.05, 4.69) is 10.3 Å². The van der Waals surface area contributed by atoms with E-state index in [0.717, 1.165) is 43.5 Å². The summed E-state index contributed by atoms with van der Waals surface area (Å²) in [4.78, 5) is 0. The van der Waals surface area contributed by atoms with Crippen LogP contribution < -0.4 is 0 Å². The highest BCUT2D eigenvalue weighted by atomic mass is 16.4. The Labute approximate surface area is 76.9 Å². The highest BCUT2D eigenvalue weighted by molar-refractivity contribution is 5.94. The number of nitrogens with zero attached hydrogens (tertiary/aromatic N) is 2. The molecule has 2 N–H and O–H groups in total. The van der Waals surface area contributed by atoms with Gasteiger partial charge in [-0.15, -0.1) is 0 Å². The minimum absolute atomic E-state index is 0.425. The zero-order chi connectivity index (χ0) is 9.26. The lowest BCUT2D eigenvalue weighted by molar-refractivity contribution is 0.288. The smallest absolute Gasteiger partial charge is 0.0602 e. The third-order valence-corrected chi connectivity index (χ3v) is 3.27. The van der Waals surface area contributed by atoms with Gasteiger partial charge in [-0.05, 0) is 32.1 Å². The lowest BCUT2D eigenvalue weighted by Gasteiger charge is -2.34. The van der Waals surface area contributed by atoms with Crippen LogP contribution in [0.2, 0.25) is 0 Å². The third kappa shape index (κ3) is 1.41. The Morgan fingerprint density at radius 2 is 1.38 bits per heavy atom. The molecule has 2 aliphatic carbocycles. The molecule has 2 bridgehead atoms. The lowest BCUT2D eigenvalue weighted by Crippen LogP contribution is -2.34. The van der Waals surface area contributed by atoms with Crippen LogP contribution in [-0.2, 0) is 0 Å². The van der Waals surface area contributed by atoms with Gasteiger partial charge in [-0.3, -0.25) is 0 Å². The Hall–Kier alpha value is -1.06. The van der Waals surface area contributed by atoms with E-state index >= 15 is 0 Å². The molecule has 13 heavy (non-hydrogen) atoms. The van der Waals surface area contributed by atoms with E-state index in [-0.39, 0.29) is 0 Å². The van der Waals surface area contributed by atoms with Crippen LogP contribution in [0.4, 0.5) is 0 Å². The summed E-state index contributed by atoms with van der Waals surface area (Å²) in [6.07, 6.45) is 4.64. The first kappa shape index (κ1) is 8.53. The second-order valence-corrected chi connectivity index (χ2v) is 3.89. The Morgan fingerprint density at radius 3 is 1.77 bits per heavy atom. The minimum Gasteiger partial charge on any atom is -0.411 e. The first-order chi connectivity index (χ1) is 6.35. The molecule has 0 spiro atoms. The Kier molecular flexibility index (Phi) is 2.20. The molecular weight excluding hydrogens is 168 g/mol. The van der Waals surface area contributed by atoms with Gasteiger partial charge in [0.1, 0.15) is 0 Å². The Morgan fingerprint density at radius 1 is 0.923 bits per heavy atom. The topological polar surface area (TPSA) is 65.2 Å². The van der Waals surface area contributed by atoms with Crippen molar-refractivity contribution in [2.45, 2.75) is 32.1 Å². The van der Waals surface area contributed by atoms with Gasteiger partial charge in [-0.25, -0.2) is 0 Å². The summed E-state index contributed by atoms with van der Waals surface area (Å²) in [5.41, 5.74) is 1.88. The fourth-order valence-corrected chi connectivity index (χ4v) is 2.50. The van der Waals surface area contributed by atoms with Gasteiger partial charge >= 0.3 is 0 Å². The molecule has 2 aliphatic rings. The second-order valence-electron chi connectivity index (χ2n) is 3.89. The fourth-order valence-electron chi connectivity index (χ4n) is 2.50. The van der Waals surface area contributed by atoms with Crippen molar-refractivity contribution in [3.63, 3.8) is 0 Å². The molecule has 0 aromatic heterocycles. The summed E-state index contributed by atoms with van der Waals surface area (Å²) in [7, 11) is 0. The molecule has 0 saturated heterocycles. The maximum absolute atomic E-state index is 8.73. The average molecular weight is 182 g/mol. The molecule has 4 nitrogen and oxygen atoms in total. The van der Waals surface area contributed by atoms with E-state index in [1.54, 1.807) is 0 Å². The van der Waals surface area contributed by atoms with Gasteiger partial charge in [-0.1, -0.05) is 10.3 Å². The van der Waals surface area contributed by atoms with E-state index in [9.17, 15) is 0 Å². The quantitative estimate of drug-likeness (QED) is 0.443. The monoisotopic (exact) mass is 182 g/mol. The summed E-state index contributed by atoms with van der Waals surface area (Å²) < 4.78 is 0. The number of oxime groups is 2. The van der Waals surface area contributed by atoms with Crippen LogP contribution in [0.15, 0.2) is 10.3 Å². The molecule has 2 saturated carbocycles. The van der Waals surface area contributed by atoms with Crippen molar-refractivity contribution in [1.29, 1.82) is 0 Å². The van der Waals surface area contributed by atoms with E-state index < -0.39 is 0 Å². The van der Waals surface area contributed by atoms with Crippen molar-refractivity contribution in [3.8, 4) is 0 Å². The van der Waals surface area contributed by atoms with Crippen molar-refractivity contribution in [1.82, 2.24) is 0 Å². The van der Waals surface area contributed by atoms with Gasteiger partial charge in [0.15, 0.2) is 0 Å². The summed E-state index contributed by atoms with van der Waals surface area (Å²) in [6.45, 7) is 0. The van der Waals surface area contributed by atoms with E-state index in [1.165, 1.54) is 0 Å². The number of hydrogen-bond donors (Lipinski definition) is 2. The zero-order valence-electron chi connectivity index (χ0n) is 7.48. The Balaban J connectivity index is 2.13. The molecule has 72 valence electrons. The number of rotatable bonds is 0. The van der Waals surface area contributed by atoms with E-state index in [4.69, 9.17) is 10.4 Å². The van der Waals surface area contributed by atoms with Crippen LogP contribution >= 0.6 is 0 Å². The fraction of sp³-hybridized carbons (Fsp3) is 0.778. The molecular formula is C9H14N2O2. The van der Waals surface area contributed by atoms with Crippen molar-refractivity contribution >= 4 is 11.4 Å². The van der Waals surface area contributed by atoms with Gasteiger partial charge < -0.3 is 10.4 Å². The first-order valence-electron chi connectivity index (χ1n) is 4.76. The second kappa shape index (κ2) is 3.36. The molecule has 0 aromatic rings. The van der Waals surface area contributed by atoms with Gasteiger partial charge in [-0.2, -0.15) is 0 Å². The lowest BCUT2D eigenvalue weighted by atomic mass is 9.70. The van der Waals surface area contributed by atoms with Gasteiger partial charge in [0.25, 0.3) is 0 Å². The zero-order valence-corrected chi connectivity index (χ0v) is 7.48. The summed E-state index contributed by atoms with van der Waals surface area (Å²) in [5.74, 6) is 0.850. The van der Waals surface area contributed by atoms with Crippen LogP contribution in [0.3, 0.4) is 0 Å². The first-order valence-corrected chi connectivity index (χ1v) is 4.76. The van der Waals surface area contributed by atoms with Crippen LogP contribution in [0.25, 0.3) is 0 Å². The van der Waals surface area contributed by atoms with Crippen molar-refractivity contribution in [2.24, 2.45) is 22.1 Å². The van der Waals surface area contributed by atoms with E-state index in [1.807, 2.05) is 0 Å². The highest BCUT2D eigenvalue weighted by Gasteiger charge is 2.34. The van der Waals surface area contributed by atoms with Gasteiger partial charge in [0.2, 0.25) is 0 Å². The largest absolute Gasteiger partial charge is 0.411 e.